The minimum atomic E-state index is 0.562. The van der Waals surface area contributed by atoms with Crippen molar-refractivity contribution < 1.29 is 4.74 Å². The molecular weight excluding hydrogens is 282 g/mol. The Morgan fingerprint density at radius 1 is 1.18 bits per heavy atom. The van der Waals surface area contributed by atoms with Gasteiger partial charge in [-0.3, -0.25) is 0 Å². The van der Waals surface area contributed by atoms with E-state index in [1.807, 2.05) is 38.2 Å². The molecule has 0 spiro atoms. The molecule has 0 aliphatic heterocycles. The summed E-state index contributed by atoms with van der Waals surface area (Å²) >= 11 is 3.38. The zero-order valence-corrected chi connectivity index (χ0v) is 11.2. The lowest BCUT2D eigenvalue weighted by Crippen LogP contribution is -1.99. The highest BCUT2D eigenvalue weighted by Gasteiger charge is 2.07. The third-order valence-electron chi connectivity index (χ3n) is 2.30. The van der Waals surface area contributed by atoms with Crippen LogP contribution in [0.4, 0.5) is 5.82 Å². The van der Waals surface area contributed by atoms with Crippen LogP contribution in [0.15, 0.2) is 35.1 Å². The average molecular weight is 294 g/mol. The summed E-state index contributed by atoms with van der Waals surface area (Å²) in [5.41, 5.74) is 0.887. The third kappa shape index (κ3) is 2.74. The number of nitrogens with zero attached hydrogens (tertiary/aromatic N) is 2. The van der Waals surface area contributed by atoms with Gasteiger partial charge >= 0.3 is 0 Å². The van der Waals surface area contributed by atoms with Crippen molar-refractivity contribution in [2.45, 2.75) is 6.92 Å². The first kappa shape index (κ1) is 11.9. The highest BCUT2D eigenvalue weighted by Crippen LogP contribution is 2.26. The predicted octanol–water partition coefficient (Wildman–Crippen LogP) is 3.38. The summed E-state index contributed by atoms with van der Waals surface area (Å²) in [6.45, 7) is 1.92. The Kier molecular flexibility index (Phi) is 3.58. The van der Waals surface area contributed by atoms with Crippen LogP contribution in [-0.4, -0.2) is 17.0 Å². The zero-order chi connectivity index (χ0) is 12.3. The van der Waals surface area contributed by atoms with Crippen LogP contribution in [0.2, 0.25) is 0 Å². The van der Waals surface area contributed by atoms with Crippen LogP contribution in [0, 0.1) is 6.92 Å². The summed E-state index contributed by atoms with van der Waals surface area (Å²) < 4.78 is 6.71. The van der Waals surface area contributed by atoms with Crippen molar-refractivity contribution in [3.63, 3.8) is 0 Å². The molecule has 17 heavy (non-hydrogen) atoms. The zero-order valence-electron chi connectivity index (χ0n) is 9.57. The Morgan fingerprint density at radius 2 is 1.88 bits per heavy atom. The fourth-order valence-corrected chi connectivity index (χ4v) is 1.67. The topological polar surface area (TPSA) is 47.0 Å². The van der Waals surface area contributed by atoms with Crippen molar-refractivity contribution in [3.05, 3.63) is 40.6 Å². The molecule has 2 aromatic rings. The van der Waals surface area contributed by atoms with Gasteiger partial charge in [0.05, 0.1) is 5.56 Å². The predicted molar refractivity (Wildman–Crippen MR) is 70.5 cm³/mol. The number of ether oxygens (including phenoxy) is 1. The van der Waals surface area contributed by atoms with E-state index >= 15 is 0 Å². The van der Waals surface area contributed by atoms with Crippen LogP contribution in [0.5, 0.6) is 11.6 Å². The van der Waals surface area contributed by atoms with Gasteiger partial charge in [0.2, 0.25) is 5.88 Å². The van der Waals surface area contributed by atoms with E-state index in [2.05, 4.69) is 31.2 Å². The molecule has 1 aromatic carbocycles. The van der Waals surface area contributed by atoms with Crippen molar-refractivity contribution in [3.8, 4) is 11.6 Å². The van der Waals surface area contributed by atoms with Crippen LogP contribution < -0.4 is 10.1 Å². The lowest BCUT2D eigenvalue weighted by molar-refractivity contribution is 0.457. The molecule has 1 aromatic heterocycles. The molecule has 4 nitrogen and oxygen atoms in total. The van der Waals surface area contributed by atoms with Crippen LogP contribution in [0.25, 0.3) is 0 Å². The maximum atomic E-state index is 5.69. The first-order chi connectivity index (χ1) is 8.20. The molecule has 0 amide bonds. The Bertz CT molecular complexity index is 514. The Labute approximate surface area is 108 Å². The summed E-state index contributed by atoms with van der Waals surface area (Å²) in [5, 5.41) is 2.99. The van der Waals surface area contributed by atoms with Gasteiger partial charge in [0.25, 0.3) is 0 Å². The minimum Gasteiger partial charge on any atom is -0.439 e. The molecule has 0 aliphatic carbocycles. The summed E-state index contributed by atoms with van der Waals surface area (Å²) in [6, 6.07) is 7.60. The van der Waals surface area contributed by atoms with E-state index in [0.29, 0.717) is 5.88 Å². The van der Waals surface area contributed by atoms with Crippen molar-refractivity contribution in [2.24, 2.45) is 0 Å². The van der Waals surface area contributed by atoms with E-state index in [0.717, 1.165) is 21.6 Å². The number of nitrogens with one attached hydrogen (secondary N) is 1. The van der Waals surface area contributed by atoms with Crippen LogP contribution in [0.3, 0.4) is 0 Å². The van der Waals surface area contributed by atoms with E-state index in [1.165, 1.54) is 6.33 Å². The summed E-state index contributed by atoms with van der Waals surface area (Å²) in [4.78, 5) is 8.22. The monoisotopic (exact) mass is 293 g/mol. The molecule has 88 valence electrons. The number of aromatic nitrogens is 2. The van der Waals surface area contributed by atoms with Gasteiger partial charge in [-0.1, -0.05) is 15.9 Å². The second-order valence-corrected chi connectivity index (χ2v) is 4.37. The molecule has 0 aliphatic rings. The molecular formula is C12H12BrN3O. The molecule has 0 fully saturated rings. The quantitative estimate of drug-likeness (QED) is 0.942. The number of hydrogen-bond donors (Lipinski definition) is 1. The second-order valence-electron chi connectivity index (χ2n) is 3.46. The lowest BCUT2D eigenvalue weighted by Gasteiger charge is -2.09. The molecule has 0 unspecified atom stereocenters. The SMILES string of the molecule is CNc1ncnc(Oc2ccc(Br)cc2)c1C. The van der Waals surface area contributed by atoms with Gasteiger partial charge in [0.1, 0.15) is 17.9 Å². The summed E-state index contributed by atoms with van der Waals surface area (Å²) in [5.74, 6) is 2.08. The van der Waals surface area contributed by atoms with Crippen molar-refractivity contribution in [2.75, 3.05) is 12.4 Å². The maximum absolute atomic E-state index is 5.69. The van der Waals surface area contributed by atoms with Crippen LogP contribution in [-0.2, 0) is 0 Å². The molecule has 0 saturated carbocycles. The van der Waals surface area contributed by atoms with Gasteiger partial charge in [-0.05, 0) is 31.2 Å². The van der Waals surface area contributed by atoms with Crippen molar-refractivity contribution >= 4 is 21.7 Å². The Morgan fingerprint density at radius 3 is 2.53 bits per heavy atom. The lowest BCUT2D eigenvalue weighted by atomic mass is 10.3. The van der Waals surface area contributed by atoms with E-state index < -0.39 is 0 Å². The number of halogens is 1. The fraction of sp³-hybridized carbons (Fsp3) is 0.167. The van der Waals surface area contributed by atoms with Gasteiger partial charge in [-0.2, -0.15) is 0 Å². The Balaban J connectivity index is 2.27. The molecule has 1 N–H and O–H groups in total. The maximum Gasteiger partial charge on any atom is 0.227 e. The first-order valence-electron chi connectivity index (χ1n) is 5.13. The standard InChI is InChI=1S/C12H12BrN3O/c1-8-11(14-2)15-7-16-12(8)17-10-5-3-9(13)4-6-10/h3-7H,1-2H3,(H,14,15,16). The molecule has 0 saturated heterocycles. The number of anilines is 1. The van der Waals surface area contributed by atoms with Gasteiger partial charge in [-0.25, -0.2) is 9.97 Å². The molecule has 0 atom stereocenters. The van der Waals surface area contributed by atoms with E-state index in [9.17, 15) is 0 Å². The van der Waals surface area contributed by atoms with E-state index in [4.69, 9.17) is 4.74 Å². The summed E-state index contributed by atoms with van der Waals surface area (Å²) in [6.07, 6.45) is 1.48. The molecule has 1 heterocycles. The van der Waals surface area contributed by atoms with Crippen molar-refractivity contribution in [1.29, 1.82) is 0 Å². The normalized spacial score (nSPS) is 10.1. The number of hydrogen-bond acceptors (Lipinski definition) is 4. The van der Waals surface area contributed by atoms with E-state index in [1.54, 1.807) is 0 Å². The van der Waals surface area contributed by atoms with Gasteiger partial charge in [-0.15, -0.1) is 0 Å². The molecule has 0 bridgehead atoms. The smallest absolute Gasteiger partial charge is 0.227 e. The Hall–Kier alpha value is -1.62. The van der Waals surface area contributed by atoms with Crippen LogP contribution in [0.1, 0.15) is 5.56 Å². The summed E-state index contributed by atoms with van der Waals surface area (Å²) in [7, 11) is 1.82. The third-order valence-corrected chi connectivity index (χ3v) is 2.83. The van der Waals surface area contributed by atoms with Gasteiger partial charge < -0.3 is 10.1 Å². The fourth-order valence-electron chi connectivity index (χ4n) is 1.40. The molecule has 5 heteroatoms. The molecule has 0 radical (unpaired) electrons. The van der Waals surface area contributed by atoms with E-state index in [-0.39, 0.29) is 0 Å². The molecule has 2 rings (SSSR count). The first-order valence-corrected chi connectivity index (χ1v) is 5.93. The average Bonchev–Trinajstić information content (AvgIpc) is 2.35. The van der Waals surface area contributed by atoms with Gasteiger partial charge in [0, 0.05) is 11.5 Å². The largest absolute Gasteiger partial charge is 0.439 e. The highest BCUT2D eigenvalue weighted by atomic mass is 79.9. The second kappa shape index (κ2) is 5.14. The van der Waals surface area contributed by atoms with Crippen LogP contribution >= 0.6 is 15.9 Å². The minimum absolute atomic E-state index is 0.562. The highest BCUT2D eigenvalue weighted by molar-refractivity contribution is 9.10. The number of rotatable bonds is 3. The number of benzene rings is 1. The van der Waals surface area contributed by atoms with Gasteiger partial charge in [0.15, 0.2) is 0 Å². The van der Waals surface area contributed by atoms with Crippen molar-refractivity contribution in [1.82, 2.24) is 9.97 Å².